The van der Waals surface area contributed by atoms with Crippen molar-refractivity contribution in [2.45, 2.75) is 32.0 Å². The number of alkyl halides is 3. The average molecular weight is 412 g/mol. The van der Waals surface area contributed by atoms with Gasteiger partial charge < -0.3 is 4.57 Å². The second kappa shape index (κ2) is 8.48. The molecule has 9 heteroatoms. The smallest absolute Gasteiger partial charge is 0.336 e. The quantitative estimate of drug-likeness (QED) is 0.486. The molecular weight excluding hydrogens is 393 g/mol. The summed E-state index contributed by atoms with van der Waals surface area (Å²) in [5.41, 5.74) is 4.67. The van der Waals surface area contributed by atoms with E-state index in [4.69, 9.17) is 0 Å². The number of hydrogen-bond donors (Lipinski definition) is 1. The molecule has 0 aliphatic rings. The number of nitrogens with zero attached hydrogens (tertiary/aromatic N) is 5. The number of aromatic nitrogens is 6. The predicted molar refractivity (Wildman–Crippen MR) is 105 cm³/mol. The normalized spacial score (nSPS) is 11.7. The van der Waals surface area contributed by atoms with E-state index in [1.54, 1.807) is 30.9 Å². The molecule has 1 N–H and O–H groups in total. The maximum Gasteiger partial charge on any atom is 0.389 e. The molecule has 0 amide bonds. The van der Waals surface area contributed by atoms with E-state index in [9.17, 15) is 13.2 Å². The fourth-order valence-corrected chi connectivity index (χ4v) is 3.26. The summed E-state index contributed by atoms with van der Waals surface area (Å²) in [4.78, 5) is 8.79. The molecule has 154 valence electrons. The van der Waals surface area contributed by atoms with Crippen LogP contribution in [0.4, 0.5) is 13.2 Å². The zero-order valence-electron chi connectivity index (χ0n) is 16.0. The molecule has 0 atom stereocenters. The minimum absolute atomic E-state index is 0.00634. The minimum atomic E-state index is -4.15. The third kappa shape index (κ3) is 4.91. The van der Waals surface area contributed by atoms with Crippen LogP contribution < -0.4 is 0 Å². The molecule has 0 bridgehead atoms. The van der Waals surface area contributed by atoms with Gasteiger partial charge in [-0.25, -0.2) is 4.98 Å². The van der Waals surface area contributed by atoms with E-state index in [0.29, 0.717) is 30.0 Å². The van der Waals surface area contributed by atoms with Gasteiger partial charge in [-0.05, 0) is 36.1 Å². The fourth-order valence-electron chi connectivity index (χ4n) is 3.26. The first-order valence-electron chi connectivity index (χ1n) is 9.46. The number of pyridine rings is 1. The zero-order valence-corrected chi connectivity index (χ0v) is 16.0. The summed E-state index contributed by atoms with van der Waals surface area (Å²) in [7, 11) is 0. The first-order valence-corrected chi connectivity index (χ1v) is 9.46. The standard InChI is InChI=1S/C21H19F3N6/c22-21(23,24)8-5-15-3-1-2-4-16(15)7-10-30-13-20(26-14-30)18-11-17(6-9-25-18)19-12-27-29-28-19/h1-4,6,9,11-14H,5,7-8,10H2,(H,27,28,29). The number of benzene rings is 1. The lowest BCUT2D eigenvalue weighted by Crippen LogP contribution is -2.10. The number of nitrogens with one attached hydrogen (secondary N) is 1. The number of imidazole rings is 1. The first-order chi connectivity index (χ1) is 14.5. The lowest BCUT2D eigenvalue weighted by atomic mass is 10.0. The Hall–Kier alpha value is -3.49. The van der Waals surface area contributed by atoms with Gasteiger partial charge in [0.2, 0.25) is 0 Å². The number of aryl methyl sites for hydroxylation is 3. The van der Waals surface area contributed by atoms with Crippen LogP contribution in [0.3, 0.4) is 0 Å². The van der Waals surface area contributed by atoms with Crippen molar-refractivity contribution in [3.63, 3.8) is 0 Å². The predicted octanol–water partition coefficient (Wildman–Crippen LogP) is 4.47. The topological polar surface area (TPSA) is 72.3 Å². The molecule has 30 heavy (non-hydrogen) atoms. The van der Waals surface area contributed by atoms with Crippen molar-refractivity contribution < 1.29 is 13.2 Å². The Morgan fingerprint density at radius 2 is 1.73 bits per heavy atom. The molecule has 3 aromatic heterocycles. The van der Waals surface area contributed by atoms with E-state index in [2.05, 4.69) is 25.4 Å². The molecule has 6 nitrogen and oxygen atoms in total. The number of H-pyrrole nitrogens is 1. The second-order valence-corrected chi connectivity index (χ2v) is 6.92. The van der Waals surface area contributed by atoms with Crippen LogP contribution in [0.1, 0.15) is 17.5 Å². The Balaban J connectivity index is 1.45. The third-order valence-electron chi connectivity index (χ3n) is 4.80. The summed E-state index contributed by atoms with van der Waals surface area (Å²) in [5, 5.41) is 10.4. The Morgan fingerprint density at radius 1 is 0.933 bits per heavy atom. The number of aromatic amines is 1. The van der Waals surface area contributed by atoms with Crippen LogP contribution in [-0.2, 0) is 19.4 Å². The molecule has 0 aliphatic heterocycles. The van der Waals surface area contributed by atoms with Crippen molar-refractivity contribution >= 4 is 0 Å². The van der Waals surface area contributed by atoms with Gasteiger partial charge in [0.15, 0.2) is 0 Å². The molecule has 1 aromatic carbocycles. The van der Waals surface area contributed by atoms with Crippen molar-refractivity contribution in [2.75, 3.05) is 0 Å². The van der Waals surface area contributed by atoms with Crippen LogP contribution in [0.25, 0.3) is 22.6 Å². The van der Waals surface area contributed by atoms with Gasteiger partial charge in [-0.15, -0.1) is 5.10 Å². The highest BCUT2D eigenvalue weighted by atomic mass is 19.4. The van der Waals surface area contributed by atoms with Crippen LogP contribution in [0.15, 0.2) is 61.3 Å². The Morgan fingerprint density at radius 3 is 2.47 bits per heavy atom. The molecule has 0 saturated heterocycles. The van der Waals surface area contributed by atoms with Crippen molar-refractivity contribution in [2.24, 2.45) is 0 Å². The molecule has 0 unspecified atom stereocenters. The van der Waals surface area contributed by atoms with Crippen molar-refractivity contribution in [1.82, 2.24) is 29.9 Å². The summed E-state index contributed by atoms with van der Waals surface area (Å²) in [5.74, 6) is 0. The van der Waals surface area contributed by atoms with E-state index in [1.807, 2.05) is 35.0 Å². The maximum atomic E-state index is 12.6. The van der Waals surface area contributed by atoms with Crippen molar-refractivity contribution in [3.05, 3.63) is 72.4 Å². The Kier molecular flexibility index (Phi) is 5.60. The summed E-state index contributed by atoms with van der Waals surface area (Å²) in [6.45, 7) is 0.610. The fraction of sp³-hybridized carbons (Fsp3) is 0.238. The molecule has 0 spiro atoms. The highest BCUT2D eigenvalue weighted by Gasteiger charge is 2.26. The van der Waals surface area contributed by atoms with Crippen LogP contribution >= 0.6 is 0 Å². The van der Waals surface area contributed by atoms with Gasteiger partial charge in [-0.1, -0.05) is 29.5 Å². The highest BCUT2D eigenvalue weighted by Crippen LogP contribution is 2.24. The second-order valence-electron chi connectivity index (χ2n) is 6.92. The van der Waals surface area contributed by atoms with Crippen LogP contribution in [-0.4, -0.2) is 36.1 Å². The van der Waals surface area contributed by atoms with Gasteiger partial charge in [0.1, 0.15) is 11.4 Å². The zero-order chi connectivity index (χ0) is 21.0. The summed E-state index contributed by atoms with van der Waals surface area (Å²) in [6, 6.07) is 11.0. The van der Waals surface area contributed by atoms with Gasteiger partial charge >= 0.3 is 6.18 Å². The summed E-state index contributed by atoms with van der Waals surface area (Å²) in [6.07, 6.45) is 2.63. The molecule has 0 saturated carbocycles. The molecule has 0 aliphatic carbocycles. The van der Waals surface area contributed by atoms with Crippen molar-refractivity contribution in [3.8, 4) is 22.6 Å². The SMILES string of the molecule is FC(F)(F)CCc1ccccc1CCn1cnc(-c2cc(-c3c[nH]nn3)ccn2)c1. The van der Waals surface area contributed by atoms with Gasteiger partial charge in [0, 0.05) is 37.1 Å². The maximum absolute atomic E-state index is 12.6. The molecular formula is C21H19F3N6. The molecule has 4 rings (SSSR count). The number of rotatable bonds is 7. The largest absolute Gasteiger partial charge is 0.389 e. The van der Waals surface area contributed by atoms with Crippen LogP contribution in [0.5, 0.6) is 0 Å². The number of hydrogen-bond acceptors (Lipinski definition) is 4. The third-order valence-corrected chi connectivity index (χ3v) is 4.80. The van der Waals surface area contributed by atoms with E-state index >= 15 is 0 Å². The van der Waals surface area contributed by atoms with Gasteiger partial charge in [-0.3, -0.25) is 10.1 Å². The Labute approximate surface area is 170 Å². The van der Waals surface area contributed by atoms with E-state index < -0.39 is 12.6 Å². The Bertz CT molecular complexity index is 1100. The first kappa shape index (κ1) is 19.8. The van der Waals surface area contributed by atoms with Gasteiger partial charge in [-0.2, -0.15) is 13.2 Å². The molecule has 0 radical (unpaired) electrons. The summed E-state index contributed by atoms with van der Waals surface area (Å²) >= 11 is 0. The van der Waals surface area contributed by atoms with Crippen molar-refractivity contribution in [1.29, 1.82) is 0 Å². The van der Waals surface area contributed by atoms with Gasteiger partial charge in [0.05, 0.1) is 12.0 Å². The van der Waals surface area contributed by atoms with E-state index in [0.717, 1.165) is 16.7 Å². The average Bonchev–Trinajstić information content (AvgIpc) is 3.43. The monoisotopic (exact) mass is 412 g/mol. The van der Waals surface area contributed by atoms with Crippen LogP contribution in [0.2, 0.25) is 0 Å². The number of halogens is 3. The van der Waals surface area contributed by atoms with E-state index in [-0.39, 0.29) is 6.42 Å². The molecule has 0 fully saturated rings. The van der Waals surface area contributed by atoms with Crippen LogP contribution in [0, 0.1) is 0 Å². The molecule has 3 heterocycles. The minimum Gasteiger partial charge on any atom is -0.336 e. The van der Waals surface area contributed by atoms with E-state index in [1.165, 1.54) is 0 Å². The lowest BCUT2D eigenvalue weighted by Gasteiger charge is -2.11. The van der Waals surface area contributed by atoms with Gasteiger partial charge in [0.25, 0.3) is 0 Å². The highest BCUT2D eigenvalue weighted by molar-refractivity contribution is 5.65. The lowest BCUT2D eigenvalue weighted by molar-refractivity contribution is -0.134. The summed E-state index contributed by atoms with van der Waals surface area (Å²) < 4.78 is 39.7. The molecule has 4 aromatic rings.